The third-order valence-corrected chi connectivity index (χ3v) is 3.73. The van der Waals surface area contributed by atoms with E-state index in [4.69, 9.17) is 10.5 Å². The molecule has 1 atom stereocenters. The van der Waals surface area contributed by atoms with Crippen LogP contribution in [0.5, 0.6) is 5.75 Å². The van der Waals surface area contributed by atoms with Crippen molar-refractivity contribution < 1.29 is 13.9 Å². The van der Waals surface area contributed by atoms with Gasteiger partial charge in [-0.2, -0.15) is 0 Å². The highest BCUT2D eigenvalue weighted by molar-refractivity contribution is 5.77. The molecular formula is C18H21FN2O2. The second-order valence-corrected chi connectivity index (χ2v) is 5.38. The molecule has 1 unspecified atom stereocenters. The van der Waals surface area contributed by atoms with Crippen LogP contribution in [-0.4, -0.2) is 13.0 Å². The summed E-state index contributed by atoms with van der Waals surface area (Å²) in [5.74, 6) is -0.355. The van der Waals surface area contributed by atoms with Gasteiger partial charge in [-0.05, 0) is 42.7 Å². The van der Waals surface area contributed by atoms with Crippen molar-refractivity contribution in [3.63, 3.8) is 0 Å². The molecule has 2 aromatic rings. The van der Waals surface area contributed by atoms with Crippen LogP contribution in [0.4, 0.5) is 10.1 Å². The number of aryl methyl sites for hydroxylation is 1. The number of benzene rings is 2. The number of halogens is 1. The molecule has 0 aliphatic carbocycles. The standard InChI is InChI=1S/C18H21FN2O2/c1-12(14-7-9-17(23-2)15(19)11-14)21-18(22)10-8-13-5-3-4-6-16(13)20/h3-7,9,11-12H,8,10,20H2,1-2H3,(H,21,22). The van der Waals surface area contributed by atoms with Gasteiger partial charge in [-0.1, -0.05) is 24.3 Å². The molecule has 2 rings (SSSR count). The zero-order chi connectivity index (χ0) is 16.8. The number of nitrogens with two attached hydrogens (primary N) is 1. The molecule has 0 spiro atoms. The number of anilines is 1. The molecule has 23 heavy (non-hydrogen) atoms. The van der Waals surface area contributed by atoms with Crippen LogP contribution in [0.3, 0.4) is 0 Å². The lowest BCUT2D eigenvalue weighted by Crippen LogP contribution is -2.27. The van der Waals surface area contributed by atoms with Gasteiger partial charge >= 0.3 is 0 Å². The number of hydrogen-bond donors (Lipinski definition) is 2. The molecule has 0 fully saturated rings. The van der Waals surface area contributed by atoms with E-state index in [-0.39, 0.29) is 17.7 Å². The number of amides is 1. The summed E-state index contributed by atoms with van der Waals surface area (Å²) in [6.45, 7) is 1.82. The monoisotopic (exact) mass is 316 g/mol. The van der Waals surface area contributed by atoms with Crippen LogP contribution in [0.1, 0.15) is 30.5 Å². The maximum atomic E-state index is 13.7. The lowest BCUT2D eigenvalue weighted by atomic mass is 10.1. The van der Waals surface area contributed by atoms with E-state index in [0.29, 0.717) is 24.1 Å². The highest BCUT2D eigenvalue weighted by Gasteiger charge is 2.12. The van der Waals surface area contributed by atoms with Crippen molar-refractivity contribution in [1.29, 1.82) is 0 Å². The van der Waals surface area contributed by atoms with Gasteiger partial charge in [-0.15, -0.1) is 0 Å². The maximum absolute atomic E-state index is 13.7. The minimum Gasteiger partial charge on any atom is -0.494 e. The Morgan fingerprint density at radius 2 is 2.04 bits per heavy atom. The number of ether oxygens (including phenoxy) is 1. The fraction of sp³-hybridized carbons (Fsp3) is 0.278. The first-order valence-electron chi connectivity index (χ1n) is 7.47. The Balaban J connectivity index is 1.92. The number of para-hydroxylation sites is 1. The van der Waals surface area contributed by atoms with E-state index < -0.39 is 5.82 Å². The van der Waals surface area contributed by atoms with Crippen molar-refractivity contribution in [2.45, 2.75) is 25.8 Å². The summed E-state index contributed by atoms with van der Waals surface area (Å²) < 4.78 is 18.6. The van der Waals surface area contributed by atoms with Crippen molar-refractivity contribution in [1.82, 2.24) is 5.32 Å². The zero-order valence-corrected chi connectivity index (χ0v) is 13.3. The summed E-state index contributed by atoms with van der Waals surface area (Å²) >= 11 is 0. The van der Waals surface area contributed by atoms with Crippen LogP contribution in [0.25, 0.3) is 0 Å². The fourth-order valence-corrected chi connectivity index (χ4v) is 2.36. The first-order valence-corrected chi connectivity index (χ1v) is 7.47. The summed E-state index contributed by atoms with van der Waals surface area (Å²) in [6.07, 6.45) is 0.902. The molecule has 0 saturated heterocycles. The van der Waals surface area contributed by atoms with E-state index in [1.54, 1.807) is 12.1 Å². The SMILES string of the molecule is COc1ccc(C(C)NC(=O)CCc2ccccc2N)cc1F. The Morgan fingerprint density at radius 3 is 2.70 bits per heavy atom. The summed E-state index contributed by atoms with van der Waals surface area (Å²) in [4.78, 5) is 12.0. The Hall–Kier alpha value is -2.56. The molecular weight excluding hydrogens is 295 g/mol. The molecule has 0 aliphatic heterocycles. The number of nitrogen functional groups attached to an aromatic ring is 1. The summed E-state index contributed by atoms with van der Waals surface area (Å²) in [5.41, 5.74) is 8.18. The van der Waals surface area contributed by atoms with Crippen LogP contribution < -0.4 is 15.8 Å². The Labute approximate surface area is 135 Å². The number of carbonyl (C=O) groups excluding carboxylic acids is 1. The predicted molar refractivity (Wildman–Crippen MR) is 88.7 cm³/mol. The average Bonchev–Trinajstić information content (AvgIpc) is 2.54. The number of nitrogens with one attached hydrogen (secondary N) is 1. The van der Waals surface area contributed by atoms with Gasteiger partial charge in [0.25, 0.3) is 0 Å². The molecule has 0 heterocycles. The van der Waals surface area contributed by atoms with Crippen molar-refractivity contribution in [2.24, 2.45) is 0 Å². The van der Waals surface area contributed by atoms with Crippen molar-refractivity contribution in [3.8, 4) is 5.75 Å². The summed E-state index contributed by atoms with van der Waals surface area (Å²) in [6, 6.07) is 11.9. The van der Waals surface area contributed by atoms with Gasteiger partial charge in [0, 0.05) is 12.1 Å². The predicted octanol–water partition coefficient (Wildman–Crippen LogP) is 3.23. The van der Waals surface area contributed by atoms with E-state index in [1.807, 2.05) is 31.2 Å². The quantitative estimate of drug-likeness (QED) is 0.804. The first kappa shape index (κ1) is 16.8. The topological polar surface area (TPSA) is 64.3 Å². The van der Waals surface area contributed by atoms with Crippen LogP contribution >= 0.6 is 0 Å². The number of hydrogen-bond acceptors (Lipinski definition) is 3. The zero-order valence-electron chi connectivity index (χ0n) is 13.3. The molecule has 1 amide bonds. The fourth-order valence-electron chi connectivity index (χ4n) is 2.36. The molecule has 0 aliphatic rings. The molecule has 0 saturated carbocycles. The number of rotatable bonds is 6. The average molecular weight is 316 g/mol. The van der Waals surface area contributed by atoms with Crippen LogP contribution in [0.2, 0.25) is 0 Å². The van der Waals surface area contributed by atoms with E-state index in [9.17, 15) is 9.18 Å². The Morgan fingerprint density at radius 1 is 1.30 bits per heavy atom. The highest BCUT2D eigenvalue weighted by Crippen LogP contribution is 2.22. The van der Waals surface area contributed by atoms with Gasteiger partial charge < -0.3 is 15.8 Å². The molecule has 2 aromatic carbocycles. The Bertz CT molecular complexity index is 688. The van der Waals surface area contributed by atoms with Gasteiger partial charge in [-0.25, -0.2) is 4.39 Å². The second-order valence-electron chi connectivity index (χ2n) is 5.38. The number of methoxy groups -OCH3 is 1. The van der Waals surface area contributed by atoms with Crippen molar-refractivity contribution in [2.75, 3.05) is 12.8 Å². The van der Waals surface area contributed by atoms with E-state index in [2.05, 4.69) is 5.32 Å². The van der Waals surface area contributed by atoms with E-state index in [1.165, 1.54) is 13.2 Å². The van der Waals surface area contributed by atoms with E-state index >= 15 is 0 Å². The normalized spacial score (nSPS) is 11.8. The van der Waals surface area contributed by atoms with Crippen molar-refractivity contribution in [3.05, 3.63) is 59.4 Å². The lowest BCUT2D eigenvalue weighted by molar-refractivity contribution is -0.121. The maximum Gasteiger partial charge on any atom is 0.220 e. The highest BCUT2D eigenvalue weighted by atomic mass is 19.1. The molecule has 122 valence electrons. The first-order chi connectivity index (χ1) is 11.0. The largest absolute Gasteiger partial charge is 0.494 e. The van der Waals surface area contributed by atoms with Gasteiger partial charge in [0.2, 0.25) is 5.91 Å². The van der Waals surface area contributed by atoms with Crippen LogP contribution in [0.15, 0.2) is 42.5 Å². The smallest absolute Gasteiger partial charge is 0.220 e. The minimum atomic E-state index is -0.442. The van der Waals surface area contributed by atoms with Crippen LogP contribution in [-0.2, 0) is 11.2 Å². The molecule has 4 nitrogen and oxygen atoms in total. The van der Waals surface area contributed by atoms with Crippen LogP contribution in [0, 0.1) is 5.82 Å². The van der Waals surface area contributed by atoms with Gasteiger partial charge in [0.1, 0.15) is 0 Å². The van der Waals surface area contributed by atoms with Gasteiger partial charge in [0.15, 0.2) is 11.6 Å². The number of carbonyl (C=O) groups is 1. The van der Waals surface area contributed by atoms with Gasteiger partial charge in [-0.3, -0.25) is 4.79 Å². The third kappa shape index (κ3) is 4.45. The van der Waals surface area contributed by atoms with Crippen molar-refractivity contribution >= 4 is 11.6 Å². The van der Waals surface area contributed by atoms with Gasteiger partial charge in [0.05, 0.1) is 13.2 Å². The Kier molecular flexibility index (Phi) is 5.57. The summed E-state index contributed by atoms with van der Waals surface area (Å²) in [7, 11) is 1.42. The molecule has 0 bridgehead atoms. The minimum absolute atomic E-state index is 0.100. The second kappa shape index (κ2) is 7.63. The summed E-state index contributed by atoms with van der Waals surface area (Å²) in [5, 5.41) is 2.86. The van der Waals surface area contributed by atoms with E-state index in [0.717, 1.165) is 5.56 Å². The lowest BCUT2D eigenvalue weighted by Gasteiger charge is -2.15. The molecule has 3 N–H and O–H groups in total. The molecule has 5 heteroatoms. The molecule has 0 aromatic heterocycles. The molecule has 0 radical (unpaired) electrons. The third-order valence-electron chi connectivity index (χ3n) is 3.73.